The van der Waals surface area contributed by atoms with Crippen molar-refractivity contribution in [3.63, 3.8) is 0 Å². The highest BCUT2D eigenvalue weighted by Crippen LogP contribution is 2.41. The zero-order valence-electron chi connectivity index (χ0n) is 34.2. The van der Waals surface area contributed by atoms with Gasteiger partial charge < -0.3 is 19.9 Å². The molecule has 0 radical (unpaired) electrons. The molecule has 0 aliphatic heterocycles. The molecule has 0 amide bonds. The highest BCUT2D eigenvalue weighted by Gasteiger charge is 2.32. The zero-order chi connectivity index (χ0) is 39.0. The molecule has 0 spiro atoms. The molecule has 4 aromatic carbocycles. The summed E-state index contributed by atoms with van der Waals surface area (Å²) in [4.78, 5) is 22.5. The van der Waals surface area contributed by atoms with Crippen LogP contribution < -0.4 is 14.8 Å². The van der Waals surface area contributed by atoms with Crippen LogP contribution in [-0.2, 0) is 11.3 Å². The van der Waals surface area contributed by atoms with E-state index in [1.807, 2.05) is 24.3 Å². The first-order chi connectivity index (χ1) is 25.7. The fraction of sp³-hybridized carbons (Fsp3) is 0.542. The third-order valence-corrected chi connectivity index (χ3v) is 12.1. The average molecular weight is 736 g/mol. The predicted octanol–water partition coefficient (Wildman–Crippen LogP) is 12.0. The standard InChI is InChI=1S/C26H37NO3.C22H28O2/c1-18-16-24(30-20-13-11-19(12-14-20)26(2,3)4)23(17-27-15-7-10-25(28)29)22-9-6-5-8-21(18)22;1-15-13-21(20(14-23)19-8-6-5-7-18(15)19)24-17-11-9-16(10-12-17)22(2,3)4/h5-6,8-9,16,19-20,27H,7,10-15,17H2,1-4H3,(H,28,29);5-8,13-14,16-17H,9-12H2,1-4H3. The zero-order valence-corrected chi connectivity index (χ0v) is 34.2. The molecule has 0 aromatic heterocycles. The number of nitrogens with one attached hydrogen (secondary N) is 1. The van der Waals surface area contributed by atoms with E-state index in [-0.39, 0.29) is 18.6 Å². The minimum absolute atomic E-state index is 0.196. The van der Waals surface area contributed by atoms with Crippen molar-refractivity contribution in [2.45, 2.75) is 138 Å². The van der Waals surface area contributed by atoms with Crippen LogP contribution in [0.5, 0.6) is 11.5 Å². The summed E-state index contributed by atoms with van der Waals surface area (Å²) < 4.78 is 12.9. The number of carboxylic acid groups (broad SMARTS) is 1. The Bertz CT molecular complexity index is 1870. The van der Waals surface area contributed by atoms with E-state index < -0.39 is 5.97 Å². The molecule has 0 atom stereocenters. The monoisotopic (exact) mass is 735 g/mol. The number of carbonyl (C=O) groups is 2. The van der Waals surface area contributed by atoms with Crippen molar-refractivity contribution in [2.24, 2.45) is 22.7 Å². The van der Waals surface area contributed by atoms with Gasteiger partial charge >= 0.3 is 5.97 Å². The lowest BCUT2D eigenvalue weighted by Crippen LogP contribution is -2.30. The van der Waals surface area contributed by atoms with Crippen LogP contribution in [0.2, 0.25) is 0 Å². The summed E-state index contributed by atoms with van der Waals surface area (Å²) in [6, 6.07) is 20.8. The second-order valence-electron chi connectivity index (χ2n) is 18.1. The van der Waals surface area contributed by atoms with Gasteiger partial charge in [0.1, 0.15) is 11.5 Å². The van der Waals surface area contributed by atoms with E-state index in [2.05, 4.69) is 97.1 Å². The van der Waals surface area contributed by atoms with Gasteiger partial charge in [-0.05, 0) is 146 Å². The Kier molecular flexibility index (Phi) is 13.9. The van der Waals surface area contributed by atoms with E-state index in [4.69, 9.17) is 14.6 Å². The van der Waals surface area contributed by atoms with Gasteiger partial charge in [-0.3, -0.25) is 9.59 Å². The molecule has 6 nitrogen and oxygen atoms in total. The van der Waals surface area contributed by atoms with Crippen molar-refractivity contribution in [1.29, 1.82) is 0 Å². The molecule has 2 fully saturated rings. The van der Waals surface area contributed by atoms with E-state index in [0.717, 1.165) is 71.6 Å². The lowest BCUT2D eigenvalue weighted by molar-refractivity contribution is -0.137. The van der Waals surface area contributed by atoms with Gasteiger partial charge in [0.2, 0.25) is 0 Å². The molecule has 0 saturated heterocycles. The summed E-state index contributed by atoms with van der Waals surface area (Å²) in [6.45, 7) is 19.6. The summed E-state index contributed by atoms with van der Waals surface area (Å²) in [7, 11) is 0. The Balaban J connectivity index is 0.000000213. The Morgan fingerprint density at radius 3 is 1.63 bits per heavy atom. The molecule has 2 saturated carbocycles. The van der Waals surface area contributed by atoms with Crippen LogP contribution >= 0.6 is 0 Å². The lowest BCUT2D eigenvalue weighted by Gasteiger charge is -2.37. The normalized spacial score (nSPS) is 20.6. The second-order valence-corrected chi connectivity index (χ2v) is 18.1. The molecule has 2 aliphatic rings. The molecule has 0 heterocycles. The van der Waals surface area contributed by atoms with Gasteiger partial charge in [0.05, 0.1) is 17.8 Å². The molecular formula is C48H65NO5. The summed E-state index contributed by atoms with van der Waals surface area (Å²) in [6.07, 6.45) is 11.5. The number of aliphatic carboxylic acids is 1. The first-order valence-electron chi connectivity index (χ1n) is 20.4. The molecule has 0 unspecified atom stereocenters. The highest BCUT2D eigenvalue weighted by molar-refractivity contribution is 6.02. The Morgan fingerprint density at radius 1 is 0.704 bits per heavy atom. The van der Waals surface area contributed by atoms with Crippen molar-refractivity contribution in [2.75, 3.05) is 6.54 Å². The van der Waals surface area contributed by atoms with Crippen LogP contribution in [-0.4, -0.2) is 36.1 Å². The fourth-order valence-corrected chi connectivity index (χ4v) is 8.67. The highest BCUT2D eigenvalue weighted by atomic mass is 16.5. The van der Waals surface area contributed by atoms with Crippen LogP contribution in [0.3, 0.4) is 0 Å². The molecule has 4 aromatic rings. The molecular weight excluding hydrogens is 671 g/mol. The first kappa shape index (κ1) is 41.3. The van der Waals surface area contributed by atoms with Gasteiger partial charge in [0, 0.05) is 18.5 Å². The lowest BCUT2D eigenvalue weighted by atomic mass is 9.72. The number of carbonyl (C=O) groups excluding carboxylic acids is 1. The van der Waals surface area contributed by atoms with Gasteiger partial charge in [-0.1, -0.05) is 90.1 Å². The fourth-order valence-electron chi connectivity index (χ4n) is 8.67. The maximum atomic E-state index is 11.7. The molecule has 292 valence electrons. The number of rotatable bonds is 11. The number of carboxylic acids is 1. The number of aldehydes is 1. The van der Waals surface area contributed by atoms with Gasteiger partial charge in [0.25, 0.3) is 0 Å². The number of hydrogen-bond donors (Lipinski definition) is 2. The summed E-state index contributed by atoms with van der Waals surface area (Å²) in [5, 5.41) is 16.9. The number of benzene rings is 4. The number of aryl methyl sites for hydroxylation is 2. The second kappa shape index (κ2) is 18.2. The van der Waals surface area contributed by atoms with Crippen LogP contribution in [0, 0.1) is 36.5 Å². The van der Waals surface area contributed by atoms with E-state index in [1.165, 1.54) is 47.6 Å². The minimum Gasteiger partial charge on any atom is -0.490 e. The van der Waals surface area contributed by atoms with Gasteiger partial charge in [-0.25, -0.2) is 0 Å². The number of ether oxygens (including phenoxy) is 2. The largest absolute Gasteiger partial charge is 0.490 e. The smallest absolute Gasteiger partial charge is 0.303 e. The molecule has 54 heavy (non-hydrogen) atoms. The summed E-state index contributed by atoms with van der Waals surface area (Å²) in [5.41, 5.74) is 5.01. The van der Waals surface area contributed by atoms with Crippen molar-refractivity contribution in [3.05, 3.63) is 82.9 Å². The van der Waals surface area contributed by atoms with E-state index in [9.17, 15) is 9.59 Å². The van der Waals surface area contributed by atoms with E-state index in [0.29, 0.717) is 35.9 Å². The Morgan fingerprint density at radius 2 is 1.15 bits per heavy atom. The summed E-state index contributed by atoms with van der Waals surface area (Å²) >= 11 is 0. The van der Waals surface area contributed by atoms with Crippen LogP contribution in [0.25, 0.3) is 21.5 Å². The molecule has 2 aliphatic carbocycles. The van der Waals surface area contributed by atoms with Gasteiger partial charge in [-0.2, -0.15) is 0 Å². The number of hydrogen-bond acceptors (Lipinski definition) is 5. The van der Waals surface area contributed by atoms with Crippen molar-refractivity contribution in [3.8, 4) is 11.5 Å². The van der Waals surface area contributed by atoms with Crippen molar-refractivity contribution < 1.29 is 24.2 Å². The van der Waals surface area contributed by atoms with Gasteiger partial charge in [-0.15, -0.1) is 0 Å². The predicted molar refractivity (Wildman–Crippen MR) is 223 cm³/mol. The maximum absolute atomic E-state index is 11.7. The maximum Gasteiger partial charge on any atom is 0.303 e. The third kappa shape index (κ3) is 10.6. The molecule has 6 rings (SSSR count). The van der Waals surface area contributed by atoms with E-state index >= 15 is 0 Å². The van der Waals surface area contributed by atoms with E-state index in [1.54, 1.807) is 0 Å². The van der Waals surface area contributed by atoms with Crippen molar-refractivity contribution in [1.82, 2.24) is 5.32 Å². The number of fused-ring (bicyclic) bond motifs is 2. The Hall–Kier alpha value is -3.90. The minimum atomic E-state index is -0.743. The Labute approximate surface area is 324 Å². The van der Waals surface area contributed by atoms with Gasteiger partial charge in [0.15, 0.2) is 6.29 Å². The van der Waals surface area contributed by atoms with Crippen molar-refractivity contribution >= 4 is 33.8 Å². The van der Waals surface area contributed by atoms with Crippen LogP contribution in [0.1, 0.15) is 133 Å². The average Bonchev–Trinajstić information content (AvgIpc) is 3.13. The van der Waals surface area contributed by atoms with Crippen LogP contribution in [0.15, 0.2) is 60.7 Å². The quantitative estimate of drug-likeness (QED) is 0.118. The first-order valence-corrected chi connectivity index (χ1v) is 20.4. The summed E-state index contributed by atoms with van der Waals surface area (Å²) in [5.74, 6) is 2.52. The third-order valence-electron chi connectivity index (χ3n) is 12.1. The molecule has 2 N–H and O–H groups in total. The van der Waals surface area contributed by atoms with Crippen LogP contribution in [0.4, 0.5) is 0 Å². The topological polar surface area (TPSA) is 84.9 Å². The SMILES string of the molecule is Cc1cc(OC2CCC(C(C)(C)C)CC2)c(C=O)c2ccccc12.Cc1cc(OC2CCC(C(C)(C)C)CC2)c(CNCCCC(=O)O)c2ccccc12. The molecule has 6 heteroatoms. The molecule has 0 bridgehead atoms.